The van der Waals surface area contributed by atoms with Crippen molar-refractivity contribution in [3.8, 4) is 0 Å². The average molecular weight is 230 g/mol. The van der Waals surface area contributed by atoms with Crippen LogP contribution in [0.2, 0.25) is 0 Å². The Balaban J connectivity index is 2.56. The molecule has 16 heavy (non-hydrogen) atoms. The van der Waals surface area contributed by atoms with Crippen LogP contribution >= 0.6 is 0 Å². The second kappa shape index (κ2) is 5.12. The molecule has 5 heteroatoms. The van der Waals surface area contributed by atoms with Crippen molar-refractivity contribution in [2.24, 2.45) is 0 Å². The minimum Gasteiger partial charge on any atom is -0.394 e. The van der Waals surface area contributed by atoms with E-state index in [1.165, 1.54) is 0 Å². The summed E-state index contributed by atoms with van der Waals surface area (Å²) in [4.78, 5) is 15.2. The SMILES string of the molecule is CN(C)C(=O)CN1CC(CO)OC(C)(C)C1. The molecule has 1 fully saturated rings. The van der Waals surface area contributed by atoms with Crippen LogP contribution in [0.25, 0.3) is 0 Å². The lowest BCUT2D eigenvalue weighted by Gasteiger charge is -2.42. The van der Waals surface area contributed by atoms with Gasteiger partial charge < -0.3 is 14.7 Å². The Kier molecular flexibility index (Phi) is 4.29. The molecular formula is C11H22N2O3. The first-order valence-corrected chi connectivity index (χ1v) is 5.55. The van der Waals surface area contributed by atoms with Crippen molar-refractivity contribution in [2.75, 3.05) is 40.3 Å². The van der Waals surface area contributed by atoms with Gasteiger partial charge in [-0.15, -0.1) is 0 Å². The molecule has 0 radical (unpaired) electrons. The predicted molar refractivity (Wildman–Crippen MR) is 61.2 cm³/mol. The van der Waals surface area contributed by atoms with Gasteiger partial charge in [-0.1, -0.05) is 0 Å². The van der Waals surface area contributed by atoms with E-state index in [4.69, 9.17) is 9.84 Å². The molecule has 1 aliphatic heterocycles. The van der Waals surface area contributed by atoms with Crippen molar-refractivity contribution in [2.45, 2.75) is 25.6 Å². The lowest BCUT2D eigenvalue weighted by atomic mass is 10.1. The molecule has 1 rings (SSSR count). The lowest BCUT2D eigenvalue weighted by molar-refractivity contribution is -0.155. The van der Waals surface area contributed by atoms with Crippen LogP contribution in [0.3, 0.4) is 0 Å². The van der Waals surface area contributed by atoms with E-state index in [9.17, 15) is 4.79 Å². The fourth-order valence-electron chi connectivity index (χ4n) is 1.96. The molecular weight excluding hydrogens is 208 g/mol. The normalized spacial score (nSPS) is 25.4. The van der Waals surface area contributed by atoms with Crippen molar-refractivity contribution in [1.29, 1.82) is 0 Å². The second-order valence-corrected chi connectivity index (χ2v) is 5.14. The van der Waals surface area contributed by atoms with Crippen LogP contribution < -0.4 is 0 Å². The Labute approximate surface area is 97.0 Å². The summed E-state index contributed by atoms with van der Waals surface area (Å²) >= 11 is 0. The molecule has 0 aromatic rings. The molecule has 1 N–H and O–H groups in total. The molecule has 0 aromatic carbocycles. The van der Waals surface area contributed by atoms with E-state index in [1.54, 1.807) is 19.0 Å². The number of nitrogens with zero attached hydrogens (tertiary/aromatic N) is 2. The Hall–Kier alpha value is -0.650. The van der Waals surface area contributed by atoms with Gasteiger partial charge in [0.05, 0.1) is 24.9 Å². The second-order valence-electron chi connectivity index (χ2n) is 5.14. The number of aliphatic hydroxyl groups excluding tert-OH is 1. The number of amides is 1. The monoisotopic (exact) mass is 230 g/mol. The van der Waals surface area contributed by atoms with Gasteiger partial charge in [-0.25, -0.2) is 0 Å². The fourth-order valence-corrected chi connectivity index (χ4v) is 1.96. The molecule has 1 amide bonds. The predicted octanol–water partition coefficient (Wildman–Crippen LogP) is -0.454. The number of carbonyl (C=O) groups excluding carboxylic acids is 1. The van der Waals surface area contributed by atoms with Gasteiger partial charge in [0.2, 0.25) is 5.91 Å². The number of morpholine rings is 1. The van der Waals surface area contributed by atoms with E-state index in [2.05, 4.69) is 0 Å². The molecule has 0 bridgehead atoms. The van der Waals surface area contributed by atoms with E-state index >= 15 is 0 Å². The molecule has 1 saturated heterocycles. The smallest absolute Gasteiger partial charge is 0.236 e. The van der Waals surface area contributed by atoms with Crippen LogP contribution in [0, 0.1) is 0 Å². The Morgan fingerprint density at radius 1 is 1.56 bits per heavy atom. The van der Waals surface area contributed by atoms with Crippen molar-refractivity contribution in [3.63, 3.8) is 0 Å². The zero-order valence-electron chi connectivity index (χ0n) is 10.6. The third-order valence-corrected chi connectivity index (χ3v) is 2.61. The maximum absolute atomic E-state index is 11.6. The number of hydrogen-bond donors (Lipinski definition) is 1. The molecule has 1 heterocycles. The first-order valence-electron chi connectivity index (χ1n) is 5.55. The minimum atomic E-state index is -0.307. The first kappa shape index (κ1) is 13.4. The zero-order chi connectivity index (χ0) is 12.3. The number of aliphatic hydroxyl groups is 1. The highest BCUT2D eigenvalue weighted by molar-refractivity contribution is 5.77. The van der Waals surface area contributed by atoms with E-state index < -0.39 is 0 Å². The Morgan fingerprint density at radius 2 is 2.19 bits per heavy atom. The average Bonchev–Trinajstić information content (AvgIpc) is 2.14. The molecule has 0 aliphatic carbocycles. The largest absolute Gasteiger partial charge is 0.394 e. The number of likely N-dealkylation sites (N-methyl/N-ethyl adjacent to an activating group) is 1. The number of hydrogen-bond acceptors (Lipinski definition) is 4. The van der Waals surface area contributed by atoms with Gasteiger partial charge in [0.25, 0.3) is 0 Å². The van der Waals surface area contributed by atoms with Gasteiger partial charge in [-0.2, -0.15) is 0 Å². The van der Waals surface area contributed by atoms with E-state index in [0.29, 0.717) is 19.6 Å². The number of rotatable bonds is 3. The molecule has 0 spiro atoms. The quantitative estimate of drug-likeness (QED) is 0.713. The Bertz CT molecular complexity index is 254. The summed E-state index contributed by atoms with van der Waals surface area (Å²) in [5, 5.41) is 9.14. The fraction of sp³-hybridized carbons (Fsp3) is 0.909. The third kappa shape index (κ3) is 3.73. The molecule has 0 saturated carbocycles. The van der Waals surface area contributed by atoms with Gasteiger partial charge in [-0.05, 0) is 13.8 Å². The van der Waals surface area contributed by atoms with E-state index in [-0.39, 0.29) is 24.2 Å². The van der Waals surface area contributed by atoms with Gasteiger partial charge in [0.15, 0.2) is 0 Å². The number of carbonyl (C=O) groups is 1. The highest BCUT2D eigenvalue weighted by Crippen LogP contribution is 2.20. The summed E-state index contributed by atoms with van der Waals surface area (Å²) in [5.41, 5.74) is -0.307. The summed E-state index contributed by atoms with van der Waals surface area (Å²) < 4.78 is 5.68. The molecule has 1 unspecified atom stereocenters. The van der Waals surface area contributed by atoms with Crippen LogP contribution in [-0.2, 0) is 9.53 Å². The number of ether oxygens (including phenoxy) is 1. The summed E-state index contributed by atoms with van der Waals surface area (Å²) in [6.45, 7) is 5.65. The van der Waals surface area contributed by atoms with Crippen LogP contribution in [0.4, 0.5) is 0 Å². The summed E-state index contributed by atoms with van der Waals surface area (Å²) in [6.07, 6.45) is -0.196. The van der Waals surface area contributed by atoms with Gasteiger partial charge in [-0.3, -0.25) is 9.69 Å². The third-order valence-electron chi connectivity index (χ3n) is 2.61. The van der Waals surface area contributed by atoms with Crippen molar-refractivity contribution >= 4 is 5.91 Å². The minimum absolute atomic E-state index is 0.00388. The molecule has 1 aliphatic rings. The zero-order valence-corrected chi connectivity index (χ0v) is 10.6. The Morgan fingerprint density at radius 3 is 2.69 bits per heavy atom. The summed E-state index contributed by atoms with van der Waals surface area (Å²) in [5.74, 6) is 0.0781. The molecule has 94 valence electrons. The topological polar surface area (TPSA) is 53.0 Å². The van der Waals surface area contributed by atoms with Crippen LogP contribution in [0.1, 0.15) is 13.8 Å². The standard InChI is InChI=1S/C11H22N2O3/c1-11(2)8-13(5-9(7-14)16-11)6-10(15)12(3)4/h9,14H,5-8H2,1-4H3. The van der Waals surface area contributed by atoms with Gasteiger partial charge in [0.1, 0.15) is 0 Å². The van der Waals surface area contributed by atoms with Crippen molar-refractivity contribution in [3.05, 3.63) is 0 Å². The van der Waals surface area contributed by atoms with Gasteiger partial charge in [0, 0.05) is 27.2 Å². The van der Waals surface area contributed by atoms with Crippen LogP contribution in [0.15, 0.2) is 0 Å². The molecule has 0 aromatic heterocycles. The van der Waals surface area contributed by atoms with Crippen LogP contribution in [0.5, 0.6) is 0 Å². The lowest BCUT2D eigenvalue weighted by Crippen LogP contribution is -2.55. The van der Waals surface area contributed by atoms with Crippen molar-refractivity contribution in [1.82, 2.24) is 9.80 Å². The van der Waals surface area contributed by atoms with Crippen LogP contribution in [-0.4, -0.2) is 72.9 Å². The summed E-state index contributed by atoms with van der Waals surface area (Å²) in [7, 11) is 3.49. The first-order chi connectivity index (χ1) is 7.34. The molecule has 1 atom stereocenters. The van der Waals surface area contributed by atoms with E-state index in [1.807, 2.05) is 18.7 Å². The van der Waals surface area contributed by atoms with Gasteiger partial charge >= 0.3 is 0 Å². The highest BCUT2D eigenvalue weighted by atomic mass is 16.5. The maximum atomic E-state index is 11.6. The van der Waals surface area contributed by atoms with E-state index in [0.717, 1.165) is 0 Å². The summed E-state index contributed by atoms with van der Waals surface area (Å²) in [6, 6.07) is 0. The maximum Gasteiger partial charge on any atom is 0.236 e. The van der Waals surface area contributed by atoms with Crippen molar-refractivity contribution < 1.29 is 14.6 Å². The highest BCUT2D eigenvalue weighted by Gasteiger charge is 2.33. The molecule has 5 nitrogen and oxygen atoms in total.